The fourth-order valence-electron chi connectivity index (χ4n) is 4.50. The topological polar surface area (TPSA) is 53.1 Å². The van der Waals surface area contributed by atoms with Crippen molar-refractivity contribution in [1.82, 2.24) is 9.21 Å². The molecule has 6 nitrogen and oxygen atoms in total. The van der Waals surface area contributed by atoms with Gasteiger partial charge in [0.2, 0.25) is 10.0 Å². The second-order valence-corrected chi connectivity index (χ2v) is 10.1. The third-order valence-electron chi connectivity index (χ3n) is 6.25. The predicted octanol–water partition coefficient (Wildman–Crippen LogP) is 2.98. The number of hydrogen-bond acceptors (Lipinski definition) is 5. The van der Waals surface area contributed by atoms with Crippen molar-refractivity contribution in [3.8, 4) is 5.75 Å². The van der Waals surface area contributed by atoms with E-state index in [1.807, 2.05) is 31.2 Å². The summed E-state index contributed by atoms with van der Waals surface area (Å²) in [5.41, 5.74) is 2.18. The van der Waals surface area contributed by atoms with Crippen molar-refractivity contribution in [2.45, 2.75) is 30.7 Å². The Morgan fingerprint density at radius 2 is 1.70 bits per heavy atom. The maximum absolute atomic E-state index is 13.1. The molecular formula is C23H31N3O3S. The molecule has 1 atom stereocenters. The van der Waals surface area contributed by atoms with Crippen LogP contribution in [0.15, 0.2) is 53.4 Å². The molecule has 0 amide bonds. The van der Waals surface area contributed by atoms with Crippen LogP contribution in [0.3, 0.4) is 0 Å². The number of benzene rings is 2. The Kier molecular flexibility index (Phi) is 6.32. The van der Waals surface area contributed by atoms with Crippen LogP contribution in [0.1, 0.15) is 18.4 Å². The SMILES string of the molecule is COc1ccc(N2CCN([C@@H]3CCCN(S(=O)(=O)c4cccc(C)c4)C3)CC2)cc1. The van der Waals surface area contributed by atoms with Crippen LogP contribution >= 0.6 is 0 Å². The fourth-order valence-corrected chi connectivity index (χ4v) is 6.12. The smallest absolute Gasteiger partial charge is 0.243 e. The van der Waals surface area contributed by atoms with Gasteiger partial charge in [-0.15, -0.1) is 0 Å². The number of rotatable bonds is 5. The van der Waals surface area contributed by atoms with Gasteiger partial charge in [-0.2, -0.15) is 4.31 Å². The number of aryl methyl sites for hydroxylation is 1. The monoisotopic (exact) mass is 429 g/mol. The first-order chi connectivity index (χ1) is 14.5. The minimum atomic E-state index is -3.43. The molecule has 0 aromatic heterocycles. The van der Waals surface area contributed by atoms with Gasteiger partial charge in [0.25, 0.3) is 0 Å². The van der Waals surface area contributed by atoms with Crippen LogP contribution in [-0.4, -0.2) is 70.0 Å². The normalized spacial score (nSPS) is 21.5. The lowest BCUT2D eigenvalue weighted by molar-refractivity contribution is 0.128. The van der Waals surface area contributed by atoms with Crippen LogP contribution in [-0.2, 0) is 10.0 Å². The zero-order valence-electron chi connectivity index (χ0n) is 17.8. The molecule has 0 saturated carbocycles. The summed E-state index contributed by atoms with van der Waals surface area (Å²) in [4.78, 5) is 5.27. The molecule has 0 N–H and O–H groups in total. The summed E-state index contributed by atoms with van der Waals surface area (Å²) in [5, 5.41) is 0. The highest BCUT2D eigenvalue weighted by molar-refractivity contribution is 7.89. The molecule has 2 aromatic rings. The van der Waals surface area contributed by atoms with E-state index in [1.165, 1.54) is 5.69 Å². The third-order valence-corrected chi connectivity index (χ3v) is 8.12. The van der Waals surface area contributed by atoms with Crippen LogP contribution in [0.2, 0.25) is 0 Å². The summed E-state index contributed by atoms with van der Waals surface area (Å²) in [6.07, 6.45) is 1.97. The number of ether oxygens (including phenoxy) is 1. The Bertz CT molecular complexity index is 954. The van der Waals surface area contributed by atoms with Gasteiger partial charge in [-0.25, -0.2) is 8.42 Å². The summed E-state index contributed by atoms with van der Waals surface area (Å²) in [7, 11) is -1.75. The first-order valence-corrected chi connectivity index (χ1v) is 12.1. The van der Waals surface area contributed by atoms with E-state index in [9.17, 15) is 8.42 Å². The van der Waals surface area contributed by atoms with Gasteiger partial charge >= 0.3 is 0 Å². The van der Waals surface area contributed by atoms with Crippen LogP contribution in [0.4, 0.5) is 5.69 Å². The maximum atomic E-state index is 13.1. The van der Waals surface area contributed by atoms with E-state index in [1.54, 1.807) is 23.5 Å². The van der Waals surface area contributed by atoms with Crippen LogP contribution in [0.25, 0.3) is 0 Å². The molecule has 7 heteroatoms. The van der Waals surface area contributed by atoms with Crippen molar-refractivity contribution >= 4 is 15.7 Å². The molecule has 2 aliphatic rings. The highest BCUT2D eigenvalue weighted by Gasteiger charge is 2.34. The van der Waals surface area contributed by atoms with E-state index in [-0.39, 0.29) is 6.04 Å². The molecule has 0 spiro atoms. The molecule has 2 fully saturated rings. The summed E-state index contributed by atoms with van der Waals surface area (Å²) in [5.74, 6) is 0.870. The Hall–Kier alpha value is -2.09. The van der Waals surface area contributed by atoms with Gasteiger partial charge in [0.15, 0.2) is 0 Å². The molecule has 2 aromatic carbocycles. The number of methoxy groups -OCH3 is 1. The molecule has 2 saturated heterocycles. The van der Waals surface area contributed by atoms with Gasteiger partial charge < -0.3 is 9.64 Å². The van der Waals surface area contributed by atoms with E-state index < -0.39 is 10.0 Å². The summed E-state index contributed by atoms with van der Waals surface area (Å²) in [6.45, 7) is 6.93. The van der Waals surface area contributed by atoms with Crippen LogP contribution < -0.4 is 9.64 Å². The molecule has 2 aliphatic heterocycles. The van der Waals surface area contributed by atoms with Crippen molar-refractivity contribution in [2.24, 2.45) is 0 Å². The van der Waals surface area contributed by atoms with Gasteiger partial charge in [-0.1, -0.05) is 12.1 Å². The van der Waals surface area contributed by atoms with Crippen molar-refractivity contribution in [2.75, 3.05) is 51.3 Å². The Labute approximate surface area is 180 Å². The van der Waals surface area contributed by atoms with Crippen molar-refractivity contribution < 1.29 is 13.2 Å². The molecule has 0 aliphatic carbocycles. The fraction of sp³-hybridized carbons (Fsp3) is 0.478. The van der Waals surface area contributed by atoms with E-state index >= 15 is 0 Å². The molecule has 4 rings (SSSR count). The number of piperidine rings is 1. The van der Waals surface area contributed by atoms with Crippen molar-refractivity contribution in [3.05, 3.63) is 54.1 Å². The molecule has 0 unspecified atom stereocenters. The minimum absolute atomic E-state index is 0.288. The quantitative estimate of drug-likeness (QED) is 0.731. The molecule has 162 valence electrons. The molecule has 0 bridgehead atoms. The van der Waals surface area contributed by atoms with Crippen LogP contribution in [0.5, 0.6) is 5.75 Å². The number of nitrogens with zero attached hydrogens (tertiary/aromatic N) is 3. The molecule has 0 radical (unpaired) electrons. The summed E-state index contributed by atoms with van der Waals surface area (Å²) < 4.78 is 33.2. The van der Waals surface area contributed by atoms with Crippen LogP contribution in [0, 0.1) is 6.92 Å². The maximum Gasteiger partial charge on any atom is 0.243 e. The Morgan fingerprint density at radius 3 is 2.37 bits per heavy atom. The van der Waals surface area contributed by atoms with E-state index in [0.717, 1.165) is 50.3 Å². The Balaban J connectivity index is 1.38. The minimum Gasteiger partial charge on any atom is -0.497 e. The highest BCUT2D eigenvalue weighted by Crippen LogP contribution is 2.26. The lowest BCUT2D eigenvalue weighted by Crippen LogP contribution is -2.55. The second kappa shape index (κ2) is 8.96. The third kappa shape index (κ3) is 4.48. The predicted molar refractivity (Wildman–Crippen MR) is 120 cm³/mol. The van der Waals surface area contributed by atoms with Crippen molar-refractivity contribution in [3.63, 3.8) is 0 Å². The van der Waals surface area contributed by atoms with Gasteiger partial charge in [0.1, 0.15) is 5.75 Å². The van der Waals surface area contributed by atoms with Gasteiger partial charge in [-0.05, 0) is 61.7 Å². The van der Waals surface area contributed by atoms with Gasteiger partial charge in [0, 0.05) is 51.0 Å². The van der Waals surface area contributed by atoms with E-state index in [4.69, 9.17) is 4.74 Å². The van der Waals surface area contributed by atoms with Gasteiger partial charge in [-0.3, -0.25) is 4.90 Å². The standard InChI is InChI=1S/C23H31N3O3S/c1-19-5-3-7-23(17-19)30(27,28)26-12-4-6-21(18-26)25-15-13-24(14-16-25)20-8-10-22(29-2)11-9-20/h3,5,7-11,17,21H,4,6,12-16,18H2,1-2H3/t21-/m1/s1. The number of anilines is 1. The van der Waals surface area contributed by atoms with Crippen molar-refractivity contribution in [1.29, 1.82) is 0 Å². The number of hydrogen-bond donors (Lipinski definition) is 0. The van der Waals surface area contributed by atoms with E-state index in [2.05, 4.69) is 21.9 Å². The number of sulfonamides is 1. The molecular weight excluding hydrogens is 398 g/mol. The first kappa shape index (κ1) is 21.2. The highest BCUT2D eigenvalue weighted by atomic mass is 32.2. The van der Waals surface area contributed by atoms with E-state index in [0.29, 0.717) is 18.0 Å². The van der Waals surface area contributed by atoms with Gasteiger partial charge in [0.05, 0.1) is 12.0 Å². The zero-order valence-corrected chi connectivity index (χ0v) is 18.6. The lowest BCUT2D eigenvalue weighted by Gasteiger charge is -2.43. The average molecular weight is 430 g/mol. The largest absolute Gasteiger partial charge is 0.497 e. The molecule has 2 heterocycles. The molecule has 30 heavy (non-hydrogen) atoms. The lowest BCUT2D eigenvalue weighted by atomic mass is 10.0. The Morgan fingerprint density at radius 1 is 0.967 bits per heavy atom. The second-order valence-electron chi connectivity index (χ2n) is 8.20. The summed E-state index contributed by atoms with van der Waals surface area (Å²) >= 11 is 0. The average Bonchev–Trinajstić information content (AvgIpc) is 2.79. The first-order valence-electron chi connectivity index (χ1n) is 10.7. The number of piperazine rings is 1. The zero-order chi connectivity index (χ0) is 21.1. The summed E-state index contributed by atoms with van der Waals surface area (Å²) in [6, 6.07) is 15.7.